The highest BCUT2D eigenvalue weighted by Gasteiger charge is 2.19. The third-order valence-corrected chi connectivity index (χ3v) is 4.04. The molecule has 2 aromatic rings. The summed E-state index contributed by atoms with van der Waals surface area (Å²) in [6.45, 7) is 7.63. The van der Waals surface area contributed by atoms with Gasteiger partial charge in [-0.15, -0.1) is 0 Å². The molecular weight excluding hydrogens is 326 g/mol. The molecule has 0 aliphatic heterocycles. The number of hydrogen-bond acceptors (Lipinski definition) is 6. The average molecular weight is 351 g/mol. The van der Waals surface area contributed by atoms with E-state index in [1.54, 1.807) is 11.8 Å². The van der Waals surface area contributed by atoms with E-state index in [1.807, 2.05) is 20.8 Å². The topological polar surface area (TPSA) is 92.8 Å². The van der Waals surface area contributed by atoms with Crippen molar-refractivity contribution < 1.29 is 9.53 Å². The van der Waals surface area contributed by atoms with Crippen LogP contribution in [0.4, 0.5) is 10.6 Å². The maximum atomic E-state index is 12.0. The smallest absolute Gasteiger partial charge is 0.413 e. The first-order chi connectivity index (χ1) is 11.4. The number of nitrogens with zero attached hydrogens (tertiary/aromatic N) is 3. The fourth-order valence-electron chi connectivity index (χ4n) is 2.06. The van der Waals surface area contributed by atoms with Crippen LogP contribution in [0.25, 0.3) is 11.2 Å². The van der Waals surface area contributed by atoms with Crippen LogP contribution in [-0.2, 0) is 4.74 Å². The molecule has 0 radical (unpaired) electrons. The first-order valence-corrected chi connectivity index (χ1v) is 9.21. The minimum atomic E-state index is -0.571. The number of rotatable bonds is 7. The average Bonchev–Trinajstić information content (AvgIpc) is 2.93. The van der Waals surface area contributed by atoms with Crippen molar-refractivity contribution in [2.24, 2.45) is 0 Å². The third-order valence-electron chi connectivity index (χ3n) is 3.11. The summed E-state index contributed by atoms with van der Waals surface area (Å²) < 4.78 is 5.28. The Morgan fingerprint density at radius 3 is 2.79 bits per heavy atom. The fraction of sp³-hybridized carbons (Fsp3) is 0.625. The van der Waals surface area contributed by atoms with Crippen molar-refractivity contribution in [3.8, 4) is 0 Å². The number of unbranched alkanes of at least 4 members (excludes halogenated alkanes) is 3. The molecule has 1 amide bonds. The number of amides is 1. The quantitative estimate of drug-likeness (QED) is 0.437. The molecule has 0 bridgehead atoms. The zero-order chi connectivity index (χ0) is 17.6. The molecule has 0 atom stereocenters. The second-order valence-electron chi connectivity index (χ2n) is 6.49. The number of hydrogen-bond donors (Lipinski definition) is 2. The standard InChI is InChI=1S/C16H25N5O2S/c1-5-6-7-8-9-24-14-19-12-11(17-10-18-12)13(20-14)21-15(22)23-16(2,3)4/h10H,5-9H2,1-4H3,(H2,17,18,19,20,21,22). The number of aromatic nitrogens is 4. The molecule has 0 aliphatic carbocycles. The van der Waals surface area contributed by atoms with E-state index >= 15 is 0 Å². The summed E-state index contributed by atoms with van der Waals surface area (Å²) in [5.41, 5.74) is 0.557. The van der Waals surface area contributed by atoms with Gasteiger partial charge in [-0.25, -0.2) is 19.7 Å². The van der Waals surface area contributed by atoms with E-state index in [1.165, 1.54) is 25.6 Å². The summed E-state index contributed by atoms with van der Waals surface area (Å²) in [5.74, 6) is 1.32. The minimum absolute atomic E-state index is 0.367. The van der Waals surface area contributed by atoms with Gasteiger partial charge in [-0.3, -0.25) is 5.32 Å². The van der Waals surface area contributed by atoms with Crippen molar-refractivity contribution >= 4 is 34.8 Å². The van der Waals surface area contributed by atoms with Crippen molar-refractivity contribution in [3.05, 3.63) is 6.33 Å². The highest BCUT2D eigenvalue weighted by atomic mass is 32.2. The highest BCUT2D eigenvalue weighted by Crippen LogP contribution is 2.23. The van der Waals surface area contributed by atoms with Gasteiger partial charge in [0.1, 0.15) is 5.60 Å². The number of anilines is 1. The molecule has 0 saturated carbocycles. The van der Waals surface area contributed by atoms with Crippen LogP contribution in [0, 0.1) is 0 Å². The van der Waals surface area contributed by atoms with E-state index in [4.69, 9.17) is 4.74 Å². The number of ether oxygens (including phenoxy) is 1. The molecule has 0 aliphatic rings. The zero-order valence-electron chi connectivity index (χ0n) is 14.7. The Morgan fingerprint density at radius 2 is 2.08 bits per heavy atom. The van der Waals surface area contributed by atoms with Crippen LogP contribution in [0.5, 0.6) is 0 Å². The van der Waals surface area contributed by atoms with E-state index in [0.717, 1.165) is 12.2 Å². The number of nitrogens with one attached hydrogen (secondary N) is 2. The number of imidazole rings is 1. The lowest BCUT2D eigenvalue weighted by Crippen LogP contribution is -2.27. The van der Waals surface area contributed by atoms with Crippen molar-refractivity contribution in [2.45, 2.75) is 64.1 Å². The fourth-order valence-corrected chi connectivity index (χ4v) is 2.90. The Hall–Kier alpha value is -1.83. The van der Waals surface area contributed by atoms with Crippen molar-refractivity contribution in [3.63, 3.8) is 0 Å². The number of carbonyl (C=O) groups excluding carboxylic acids is 1. The van der Waals surface area contributed by atoms with E-state index < -0.39 is 11.7 Å². The van der Waals surface area contributed by atoms with E-state index in [-0.39, 0.29) is 0 Å². The summed E-state index contributed by atoms with van der Waals surface area (Å²) in [6, 6.07) is 0. The molecule has 132 valence electrons. The van der Waals surface area contributed by atoms with Crippen molar-refractivity contribution in [2.75, 3.05) is 11.1 Å². The number of carbonyl (C=O) groups is 1. The number of fused-ring (bicyclic) bond motifs is 1. The predicted octanol–water partition coefficient (Wildman–Crippen LogP) is 4.37. The van der Waals surface area contributed by atoms with Gasteiger partial charge in [-0.1, -0.05) is 37.9 Å². The Bertz CT molecular complexity index is 681. The Kier molecular flexibility index (Phi) is 6.42. The lowest BCUT2D eigenvalue weighted by Gasteiger charge is -2.19. The van der Waals surface area contributed by atoms with Gasteiger partial charge in [-0.05, 0) is 27.2 Å². The molecule has 24 heavy (non-hydrogen) atoms. The zero-order valence-corrected chi connectivity index (χ0v) is 15.5. The van der Waals surface area contributed by atoms with Crippen LogP contribution < -0.4 is 5.32 Å². The minimum Gasteiger partial charge on any atom is -0.444 e. The van der Waals surface area contributed by atoms with E-state index in [2.05, 4.69) is 32.2 Å². The molecule has 7 nitrogen and oxygen atoms in total. The molecule has 8 heteroatoms. The maximum absolute atomic E-state index is 12.0. The summed E-state index contributed by atoms with van der Waals surface area (Å²) in [7, 11) is 0. The van der Waals surface area contributed by atoms with Crippen LogP contribution in [0.1, 0.15) is 53.4 Å². The molecule has 0 fully saturated rings. The van der Waals surface area contributed by atoms with Gasteiger partial charge in [0.25, 0.3) is 0 Å². The molecule has 0 aromatic carbocycles. The second-order valence-corrected chi connectivity index (χ2v) is 7.55. The molecule has 0 saturated heterocycles. The molecule has 2 heterocycles. The lowest BCUT2D eigenvalue weighted by molar-refractivity contribution is 0.0635. The molecule has 2 N–H and O–H groups in total. The van der Waals surface area contributed by atoms with Crippen LogP contribution in [0.3, 0.4) is 0 Å². The highest BCUT2D eigenvalue weighted by molar-refractivity contribution is 7.99. The monoisotopic (exact) mass is 351 g/mol. The number of aromatic amines is 1. The normalized spacial score (nSPS) is 11.7. The summed E-state index contributed by atoms with van der Waals surface area (Å²) in [6.07, 6.45) is 5.77. The summed E-state index contributed by atoms with van der Waals surface area (Å²) in [4.78, 5) is 28.0. The summed E-state index contributed by atoms with van der Waals surface area (Å²) in [5, 5.41) is 3.29. The van der Waals surface area contributed by atoms with Gasteiger partial charge in [0.15, 0.2) is 22.1 Å². The Balaban J connectivity index is 2.07. The van der Waals surface area contributed by atoms with Crippen LogP contribution >= 0.6 is 11.8 Å². The number of H-pyrrole nitrogens is 1. The third kappa shape index (κ3) is 5.67. The van der Waals surface area contributed by atoms with Crippen LogP contribution in [0.15, 0.2) is 11.5 Å². The SMILES string of the molecule is CCCCCCSc1nc(NC(=O)OC(C)(C)C)c2nc[nH]c2n1. The van der Waals surface area contributed by atoms with Crippen LogP contribution in [0.2, 0.25) is 0 Å². The molecule has 0 spiro atoms. The first-order valence-electron chi connectivity index (χ1n) is 8.23. The van der Waals surface area contributed by atoms with Gasteiger partial charge in [0.2, 0.25) is 0 Å². The predicted molar refractivity (Wildman–Crippen MR) is 96.4 cm³/mol. The van der Waals surface area contributed by atoms with Gasteiger partial charge in [0, 0.05) is 5.75 Å². The van der Waals surface area contributed by atoms with E-state index in [0.29, 0.717) is 22.1 Å². The van der Waals surface area contributed by atoms with Crippen LogP contribution in [-0.4, -0.2) is 37.4 Å². The Labute approximate surface area is 146 Å². The number of thioether (sulfide) groups is 1. The van der Waals surface area contributed by atoms with Crippen molar-refractivity contribution in [1.29, 1.82) is 0 Å². The summed E-state index contributed by atoms with van der Waals surface area (Å²) >= 11 is 1.58. The van der Waals surface area contributed by atoms with E-state index in [9.17, 15) is 4.79 Å². The Morgan fingerprint density at radius 1 is 1.29 bits per heavy atom. The first kappa shape index (κ1) is 18.5. The van der Waals surface area contributed by atoms with Crippen molar-refractivity contribution in [1.82, 2.24) is 19.9 Å². The molecule has 2 rings (SSSR count). The lowest BCUT2D eigenvalue weighted by atomic mass is 10.2. The maximum Gasteiger partial charge on any atom is 0.413 e. The van der Waals surface area contributed by atoms with Gasteiger partial charge in [0.05, 0.1) is 6.33 Å². The molecule has 0 unspecified atom stereocenters. The van der Waals surface area contributed by atoms with Gasteiger partial charge < -0.3 is 9.72 Å². The largest absolute Gasteiger partial charge is 0.444 e. The molecular formula is C16H25N5O2S. The second kappa shape index (κ2) is 8.32. The van der Waals surface area contributed by atoms with Gasteiger partial charge >= 0.3 is 6.09 Å². The molecule has 2 aromatic heterocycles. The van der Waals surface area contributed by atoms with Gasteiger partial charge in [-0.2, -0.15) is 0 Å².